The van der Waals surface area contributed by atoms with Crippen molar-refractivity contribution in [2.24, 2.45) is 11.8 Å². The predicted molar refractivity (Wildman–Crippen MR) is 104 cm³/mol. The summed E-state index contributed by atoms with van der Waals surface area (Å²) in [5, 5.41) is 6.35. The molecule has 8 heteroatoms. The van der Waals surface area contributed by atoms with Crippen LogP contribution >= 0.6 is 24.8 Å². The Morgan fingerprint density at radius 2 is 2.28 bits per heavy atom. The van der Waals surface area contributed by atoms with Crippen molar-refractivity contribution < 1.29 is 4.79 Å². The van der Waals surface area contributed by atoms with Gasteiger partial charge in [0.05, 0.1) is 11.9 Å². The third-order valence-corrected chi connectivity index (χ3v) is 4.45. The lowest BCUT2D eigenvalue weighted by molar-refractivity contribution is -0.117. The molecule has 0 aromatic carbocycles. The van der Waals surface area contributed by atoms with Crippen LogP contribution in [0.3, 0.4) is 0 Å². The highest BCUT2D eigenvalue weighted by atomic mass is 35.5. The molecular formula is C17H25Cl2N5O. The summed E-state index contributed by atoms with van der Waals surface area (Å²) in [4.78, 5) is 20.5. The second-order valence-electron chi connectivity index (χ2n) is 6.21. The Bertz CT molecular complexity index is 627. The highest BCUT2D eigenvalue weighted by Crippen LogP contribution is 2.23. The average molecular weight is 386 g/mol. The van der Waals surface area contributed by atoms with Gasteiger partial charge in [-0.25, -0.2) is 9.97 Å². The van der Waals surface area contributed by atoms with E-state index in [1.54, 1.807) is 18.7 Å². The van der Waals surface area contributed by atoms with Gasteiger partial charge in [0.25, 0.3) is 0 Å². The number of nitrogens with one attached hydrogen (secondary N) is 2. The molecule has 2 unspecified atom stereocenters. The van der Waals surface area contributed by atoms with Gasteiger partial charge < -0.3 is 10.6 Å². The fourth-order valence-electron chi connectivity index (χ4n) is 3.04. The number of hydrogen-bond acceptors (Lipinski definition) is 4. The molecule has 1 fully saturated rings. The van der Waals surface area contributed by atoms with Crippen molar-refractivity contribution in [1.29, 1.82) is 0 Å². The van der Waals surface area contributed by atoms with Gasteiger partial charge in [0.15, 0.2) is 0 Å². The number of amides is 1. The molecule has 2 N–H and O–H groups in total. The number of carbonyl (C=O) groups excluding carboxylic acids is 1. The zero-order valence-corrected chi connectivity index (χ0v) is 15.9. The summed E-state index contributed by atoms with van der Waals surface area (Å²) in [5.41, 5.74) is 0.729. The first-order valence-corrected chi connectivity index (χ1v) is 8.17. The van der Waals surface area contributed by atoms with E-state index >= 15 is 0 Å². The van der Waals surface area contributed by atoms with Gasteiger partial charge in [0.1, 0.15) is 12.1 Å². The largest absolute Gasteiger partial charge is 0.325 e. The van der Waals surface area contributed by atoms with Crippen molar-refractivity contribution in [2.75, 3.05) is 18.4 Å². The fourth-order valence-corrected chi connectivity index (χ4v) is 3.04. The third kappa shape index (κ3) is 5.99. The lowest BCUT2D eigenvalue weighted by atomic mass is 9.85. The van der Waals surface area contributed by atoms with Crippen LogP contribution in [0.2, 0.25) is 0 Å². The Morgan fingerprint density at radius 3 is 2.88 bits per heavy atom. The maximum Gasteiger partial charge on any atom is 0.224 e. The Morgan fingerprint density at radius 1 is 1.44 bits per heavy atom. The van der Waals surface area contributed by atoms with Crippen LogP contribution in [0.4, 0.5) is 5.69 Å². The quantitative estimate of drug-likeness (QED) is 0.829. The maximum absolute atomic E-state index is 12.2. The van der Waals surface area contributed by atoms with Gasteiger partial charge in [-0.2, -0.15) is 0 Å². The first-order chi connectivity index (χ1) is 11.2. The van der Waals surface area contributed by atoms with Crippen molar-refractivity contribution in [3.8, 4) is 5.82 Å². The van der Waals surface area contributed by atoms with Gasteiger partial charge in [-0.05, 0) is 49.9 Å². The molecular weight excluding hydrogens is 361 g/mol. The zero-order chi connectivity index (χ0) is 16.1. The van der Waals surface area contributed by atoms with Crippen LogP contribution < -0.4 is 10.6 Å². The molecule has 2 aromatic heterocycles. The number of anilines is 1. The smallest absolute Gasteiger partial charge is 0.224 e. The van der Waals surface area contributed by atoms with Crippen molar-refractivity contribution in [3.63, 3.8) is 0 Å². The number of pyridine rings is 1. The topological polar surface area (TPSA) is 71.8 Å². The van der Waals surface area contributed by atoms with E-state index in [1.165, 1.54) is 12.8 Å². The standard InChI is InChI=1S/C17H23N5O.2ClH/c1-13(14-3-2-6-18-10-14)9-17(23)21-15-4-5-16(20-11-15)22-8-7-19-12-22;;/h4-5,7-8,11-14,18H,2-3,6,9-10H2,1H3,(H,21,23);2*1H. The molecule has 25 heavy (non-hydrogen) atoms. The highest BCUT2D eigenvalue weighted by molar-refractivity contribution is 5.90. The van der Waals surface area contributed by atoms with Crippen LogP contribution in [-0.4, -0.2) is 33.5 Å². The number of imidazole rings is 1. The SMILES string of the molecule is CC(CC(=O)Nc1ccc(-n2ccnc2)nc1)C1CCCNC1.Cl.Cl. The van der Waals surface area contributed by atoms with E-state index in [0.29, 0.717) is 18.3 Å². The Hall–Kier alpha value is -1.63. The van der Waals surface area contributed by atoms with Gasteiger partial charge in [-0.15, -0.1) is 24.8 Å². The maximum atomic E-state index is 12.2. The summed E-state index contributed by atoms with van der Waals surface area (Å²) < 4.78 is 1.82. The second kappa shape index (κ2) is 10.4. The number of halogens is 2. The molecule has 3 heterocycles. The minimum absolute atomic E-state index is 0. The number of piperidine rings is 1. The Balaban J connectivity index is 0.00000156. The first kappa shape index (κ1) is 21.4. The van der Waals surface area contributed by atoms with Crippen LogP contribution in [0.1, 0.15) is 26.2 Å². The molecule has 2 aromatic rings. The monoisotopic (exact) mass is 385 g/mol. The Labute approximate surface area is 160 Å². The lowest BCUT2D eigenvalue weighted by Gasteiger charge is -2.28. The zero-order valence-electron chi connectivity index (χ0n) is 14.2. The van der Waals surface area contributed by atoms with Crippen LogP contribution in [0.25, 0.3) is 5.82 Å². The summed E-state index contributed by atoms with van der Waals surface area (Å²) in [5.74, 6) is 1.82. The van der Waals surface area contributed by atoms with Crippen molar-refractivity contribution in [3.05, 3.63) is 37.1 Å². The molecule has 1 aliphatic heterocycles. The molecule has 1 saturated heterocycles. The van der Waals surface area contributed by atoms with Crippen molar-refractivity contribution in [2.45, 2.75) is 26.2 Å². The molecule has 0 radical (unpaired) electrons. The van der Waals surface area contributed by atoms with Crippen LogP contribution in [0.15, 0.2) is 37.1 Å². The summed E-state index contributed by atoms with van der Waals surface area (Å²) in [7, 11) is 0. The second-order valence-corrected chi connectivity index (χ2v) is 6.21. The Kier molecular flexibility index (Phi) is 8.89. The minimum Gasteiger partial charge on any atom is -0.325 e. The molecule has 0 aliphatic carbocycles. The van der Waals surface area contributed by atoms with Gasteiger partial charge in [-0.3, -0.25) is 9.36 Å². The minimum atomic E-state index is 0. The van der Waals surface area contributed by atoms with Crippen LogP contribution in [-0.2, 0) is 4.79 Å². The molecule has 138 valence electrons. The van der Waals surface area contributed by atoms with Gasteiger partial charge >= 0.3 is 0 Å². The molecule has 1 aliphatic rings. The molecule has 0 spiro atoms. The molecule has 0 bridgehead atoms. The molecule has 0 saturated carbocycles. The first-order valence-electron chi connectivity index (χ1n) is 8.17. The van der Waals surface area contributed by atoms with Crippen LogP contribution in [0.5, 0.6) is 0 Å². The summed E-state index contributed by atoms with van der Waals surface area (Å²) in [6.07, 6.45) is 9.88. The van der Waals surface area contributed by atoms with E-state index in [2.05, 4.69) is 27.5 Å². The predicted octanol–water partition coefficient (Wildman–Crippen LogP) is 3.08. The van der Waals surface area contributed by atoms with Gasteiger partial charge in [0, 0.05) is 18.8 Å². The highest BCUT2D eigenvalue weighted by Gasteiger charge is 2.22. The van der Waals surface area contributed by atoms with Crippen LogP contribution in [0, 0.1) is 11.8 Å². The molecule has 1 amide bonds. The van der Waals surface area contributed by atoms with E-state index in [-0.39, 0.29) is 30.7 Å². The number of nitrogens with zero attached hydrogens (tertiary/aromatic N) is 3. The van der Waals surface area contributed by atoms with E-state index < -0.39 is 0 Å². The van der Waals surface area contributed by atoms with Crippen molar-refractivity contribution in [1.82, 2.24) is 19.9 Å². The van der Waals surface area contributed by atoms with E-state index in [0.717, 1.165) is 24.6 Å². The number of aromatic nitrogens is 3. The number of rotatable bonds is 5. The molecule has 3 rings (SSSR count). The summed E-state index contributed by atoms with van der Waals surface area (Å²) >= 11 is 0. The molecule has 6 nitrogen and oxygen atoms in total. The average Bonchev–Trinajstić information content (AvgIpc) is 3.11. The number of hydrogen-bond donors (Lipinski definition) is 2. The number of carbonyl (C=O) groups is 1. The van der Waals surface area contributed by atoms with Gasteiger partial charge in [-0.1, -0.05) is 6.92 Å². The van der Waals surface area contributed by atoms with Crippen molar-refractivity contribution >= 4 is 36.4 Å². The molecule has 2 atom stereocenters. The normalized spacial score (nSPS) is 17.7. The van der Waals surface area contributed by atoms with E-state index in [1.807, 2.05) is 22.9 Å². The summed E-state index contributed by atoms with van der Waals surface area (Å²) in [6, 6.07) is 3.73. The van der Waals surface area contributed by atoms with E-state index in [9.17, 15) is 4.79 Å². The third-order valence-electron chi connectivity index (χ3n) is 4.45. The lowest BCUT2D eigenvalue weighted by Crippen LogP contribution is -2.34. The van der Waals surface area contributed by atoms with Gasteiger partial charge in [0.2, 0.25) is 5.91 Å². The summed E-state index contributed by atoms with van der Waals surface area (Å²) in [6.45, 7) is 4.29. The fraction of sp³-hybridized carbons (Fsp3) is 0.471. The van der Waals surface area contributed by atoms with E-state index in [4.69, 9.17) is 0 Å².